The number of benzene rings is 1. The summed E-state index contributed by atoms with van der Waals surface area (Å²) in [5.41, 5.74) is 7.33. The topological polar surface area (TPSA) is 79.0 Å². The van der Waals surface area contributed by atoms with Crippen molar-refractivity contribution in [3.05, 3.63) is 18.2 Å². The molecule has 4 N–H and O–H groups in total. The number of aliphatic hydroxyl groups excluding tert-OH is 2. The third-order valence-electron chi connectivity index (χ3n) is 2.79. The van der Waals surface area contributed by atoms with E-state index in [0.29, 0.717) is 18.0 Å². The first-order valence-corrected chi connectivity index (χ1v) is 6.13. The molecule has 0 aliphatic heterocycles. The van der Waals surface area contributed by atoms with Gasteiger partial charge in [-0.15, -0.1) is 0 Å². The maximum atomic E-state index is 9.09. The number of rotatable bonds is 8. The molecule has 5 nitrogen and oxygen atoms in total. The summed E-state index contributed by atoms with van der Waals surface area (Å²) >= 11 is 0. The smallest absolute Gasteiger partial charge is 0.143 e. The Labute approximate surface area is 108 Å². The zero-order valence-corrected chi connectivity index (χ0v) is 10.8. The Bertz CT molecular complexity index is 358. The van der Waals surface area contributed by atoms with E-state index in [1.165, 1.54) is 0 Å². The van der Waals surface area contributed by atoms with Gasteiger partial charge in [0.05, 0.1) is 19.4 Å². The van der Waals surface area contributed by atoms with Crippen molar-refractivity contribution in [2.24, 2.45) is 0 Å². The molecule has 0 radical (unpaired) electrons. The summed E-state index contributed by atoms with van der Waals surface area (Å²) in [6.07, 6.45) is 1.64. The third kappa shape index (κ3) is 4.09. The van der Waals surface area contributed by atoms with Gasteiger partial charge >= 0.3 is 0 Å². The normalized spacial score (nSPS) is 10.4. The number of nitrogens with two attached hydrogens (primary N) is 1. The van der Waals surface area contributed by atoms with E-state index in [9.17, 15) is 0 Å². The Morgan fingerprint density at radius 3 is 2.56 bits per heavy atom. The van der Waals surface area contributed by atoms with Crippen LogP contribution in [0.25, 0.3) is 0 Å². The van der Waals surface area contributed by atoms with Gasteiger partial charge in [-0.25, -0.2) is 0 Å². The van der Waals surface area contributed by atoms with Gasteiger partial charge in [0, 0.05) is 31.5 Å². The molecule has 0 heterocycles. The van der Waals surface area contributed by atoms with Gasteiger partial charge in [-0.1, -0.05) is 0 Å². The van der Waals surface area contributed by atoms with Crippen molar-refractivity contribution in [1.29, 1.82) is 0 Å². The number of hydrogen-bond acceptors (Lipinski definition) is 5. The molecule has 0 fully saturated rings. The molecule has 5 heteroatoms. The Morgan fingerprint density at radius 2 is 1.94 bits per heavy atom. The van der Waals surface area contributed by atoms with Gasteiger partial charge in [0.25, 0.3) is 0 Å². The molecule has 0 aliphatic carbocycles. The van der Waals surface area contributed by atoms with Crippen molar-refractivity contribution in [3.8, 4) is 5.75 Å². The zero-order chi connectivity index (χ0) is 13.4. The largest absolute Gasteiger partial charge is 0.495 e. The van der Waals surface area contributed by atoms with Crippen LogP contribution in [0.1, 0.15) is 12.8 Å². The Hall–Kier alpha value is -1.46. The van der Waals surface area contributed by atoms with Gasteiger partial charge in [-0.3, -0.25) is 0 Å². The quantitative estimate of drug-likeness (QED) is 0.473. The molecule has 0 aliphatic rings. The number of nitrogens with zero attached hydrogens (tertiary/aromatic N) is 1. The maximum Gasteiger partial charge on any atom is 0.143 e. The molecule has 0 bridgehead atoms. The molecule has 0 aromatic heterocycles. The van der Waals surface area contributed by atoms with Crippen molar-refractivity contribution in [2.75, 3.05) is 44.0 Å². The third-order valence-corrected chi connectivity index (χ3v) is 2.79. The second-order valence-electron chi connectivity index (χ2n) is 4.07. The lowest BCUT2D eigenvalue weighted by molar-refractivity contribution is 0.282. The molecule has 0 saturated heterocycles. The molecule has 0 amide bonds. The first kappa shape index (κ1) is 14.6. The molecule has 1 rings (SSSR count). The molecular weight excluding hydrogens is 232 g/mol. The standard InChI is InChI=1S/C13H22N2O3/c1-18-13-10-11(4-5-12(13)14)15(7-9-17)6-2-3-8-16/h4-5,10,16-17H,2-3,6-9,14H2,1H3. The highest BCUT2D eigenvalue weighted by Crippen LogP contribution is 2.27. The minimum Gasteiger partial charge on any atom is -0.495 e. The summed E-state index contributed by atoms with van der Waals surface area (Å²) in [5, 5.41) is 17.9. The summed E-state index contributed by atoms with van der Waals surface area (Å²) in [6.45, 7) is 1.62. The molecule has 0 atom stereocenters. The fourth-order valence-corrected chi connectivity index (χ4v) is 1.80. The molecule has 0 unspecified atom stereocenters. The molecule has 0 spiro atoms. The van der Waals surface area contributed by atoms with Crippen LogP contribution in [0.4, 0.5) is 11.4 Å². The van der Waals surface area contributed by atoms with Gasteiger partial charge < -0.3 is 25.6 Å². The van der Waals surface area contributed by atoms with Crippen LogP contribution < -0.4 is 15.4 Å². The molecule has 18 heavy (non-hydrogen) atoms. The van der Waals surface area contributed by atoms with E-state index in [2.05, 4.69) is 4.90 Å². The lowest BCUT2D eigenvalue weighted by atomic mass is 10.2. The number of methoxy groups -OCH3 is 1. The van der Waals surface area contributed by atoms with Crippen LogP contribution in [-0.2, 0) is 0 Å². The number of hydrogen-bond donors (Lipinski definition) is 3. The lowest BCUT2D eigenvalue weighted by Crippen LogP contribution is -2.28. The average molecular weight is 254 g/mol. The van der Waals surface area contributed by atoms with Crippen LogP contribution in [0, 0.1) is 0 Å². The van der Waals surface area contributed by atoms with Crippen molar-refractivity contribution < 1.29 is 14.9 Å². The highest BCUT2D eigenvalue weighted by Gasteiger charge is 2.08. The van der Waals surface area contributed by atoms with Crippen LogP contribution in [0.15, 0.2) is 18.2 Å². The second-order valence-corrected chi connectivity index (χ2v) is 4.07. The number of unbranched alkanes of at least 4 members (excludes halogenated alkanes) is 1. The van der Waals surface area contributed by atoms with Crippen LogP contribution >= 0.6 is 0 Å². The van der Waals surface area contributed by atoms with Gasteiger partial charge in [0.1, 0.15) is 5.75 Å². The minimum atomic E-state index is 0.0891. The van der Waals surface area contributed by atoms with Gasteiger partial charge in [0.15, 0.2) is 0 Å². The zero-order valence-electron chi connectivity index (χ0n) is 10.8. The number of aliphatic hydroxyl groups is 2. The molecule has 1 aromatic carbocycles. The van der Waals surface area contributed by atoms with Crippen LogP contribution in [0.3, 0.4) is 0 Å². The number of nitrogen functional groups attached to an aromatic ring is 1. The van der Waals surface area contributed by atoms with E-state index in [-0.39, 0.29) is 13.2 Å². The van der Waals surface area contributed by atoms with Crippen LogP contribution in [-0.4, -0.2) is 43.6 Å². The monoisotopic (exact) mass is 254 g/mol. The summed E-state index contributed by atoms with van der Waals surface area (Å²) < 4.78 is 5.19. The van der Waals surface area contributed by atoms with E-state index in [0.717, 1.165) is 25.1 Å². The highest BCUT2D eigenvalue weighted by molar-refractivity contribution is 5.62. The van der Waals surface area contributed by atoms with Crippen LogP contribution in [0.5, 0.6) is 5.75 Å². The van der Waals surface area contributed by atoms with Gasteiger partial charge in [-0.2, -0.15) is 0 Å². The first-order valence-electron chi connectivity index (χ1n) is 6.13. The summed E-state index contributed by atoms with van der Waals surface area (Å²) in [7, 11) is 1.58. The first-order chi connectivity index (χ1) is 8.72. The Balaban J connectivity index is 2.77. The average Bonchev–Trinajstić information content (AvgIpc) is 2.39. The van der Waals surface area contributed by atoms with Crippen molar-refractivity contribution >= 4 is 11.4 Å². The van der Waals surface area contributed by atoms with Crippen molar-refractivity contribution in [1.82, 2.24) is 0 Å². The van der Waals surface area contributed by atoms with E-state index < -0.39 is 0 Å². The predicted molar refractivity (Wildman–Crippen MR) is 73.0 cm³/mol. The fraction of sp³-hybridized carbons (Fsp3) is 0.538. The molecule has 0 saturated carbocycles. The fourth-order valence-electron chi connectivity index (χ4n) is 1.80. The van der Waals surface area contributed by atoms with Crippen molar-refractivity contribution in [2.45, 2.75) is 12.8 Å². The van der Waals surface area contributed by atoms with E-state index in [4.69, 9.17) is 20.7 Å². The molecule has 1 aromatic rings. The van der Waals surface area contributed by atoms with E-state index >= 15 is 0 Å². The Kier molecular flexibility index (Phi) is 6.32. The maximum absolute atomic E-state index is 9.09. The van der Waals surface area contributed by atoms with Crippen LogP contribution in [0.2, 0.25) is 0 Å². The lowest BCUT2D eigenvalue weighted by Gasteiger charge is -2.24. The highest BCUT2D eigenvalue weighted by atomic mass is 16.5. The van der Waals surface area contributed by atoms with Crippen molar-refractivity contribution in [3.63, 3.8) is 0 Å². The molecule has 102 valence electrons. The molecular formula is C13H22N2O3. The summed E-state index contributed by atoms with van der Waals surface area (Å²) in [4.78, 5) is 2.05. The summed E-state index contributed by atoms with van der Waals surface area (Å²) in [5.74, 6) is 0.637. The number of anilines is 2. The van der Waals surface area contributed by atoms with Gasteiger partial charge in [0.2, 0.25) is 0 Å². The Morgan fingerprint density at radius 1 is 1.17 bits per heavy atom. The summed E-state index contributed by atoms with van der Waals surface area (Å²) in [6, 6.07) is 5.57. The SMILES string of the molecule is COc1cc(N(CCO)CCCCO)ccc1N. The van der Waals surface area contributed by atoms with Gasteiger partial charge in [-0.05, 0) is 25.0 Å². The predicted octanol–water partition coefficient (Wildman–Crippen LogP) is 0.849. The van der Waals surface area contributed by atoms with E-state index in [1.54, 1.807) is 13.2 Å². The number of ether oxygens (including phenoxy) is 1. The second kappa shape index (κ2) is 7.79. The van der Waals surface area contributed by atoms with E-state index in [1.807, 2.05) is 12.1 Å². The minimum absolute atomic E-state index is 0.0891.